The Kier molecular flexibility index (Phi) is 6.19. The first kappa shape index (κ1) is 18.1. The topological polar surface area (TPSA) is 54.9 Å². The number of benzene rings is 1. The maximum Gasteiger partial charge on any atom is 0.191 e. The van der Waals surface area contributed by atoms with Crippen LogP contribution >= 0.6 is 0 Å². The molecule has 0 radical (unpaired) electrons. The SMILES string of the molecule is CCNC(=NCc1ccc(C)cc1OCC1CCOC1)NC1CC1C. The van der Waals surface area contributed by atoms with Gasteiger partial charge in [-0.2, -0.15) is 0 Å². The Bertz CT molecular complexity index is 597. The largest absolute Gasteiger partial charge is 0.493 e. The highest BCUT2D eigenvalue weighted by atomic mass is 16.5. The van der Waals surface area contributed by atoms with Crippen molar-refractivity contribution in [2.45, 2.75) is 46.2 Å². The molecule has 2 N–H and O–H groups in total. The lowest BCUT2D eigenvalue weighted by Crippen LogP contribution is -2.39. The fourth-order valence-electron chi connectivity index (χ4n) is 3.03. The van der Waals surface area contributed by atoms with Crippen molar-refractivity contribution in [1.29, 1.82) is 0 Å². The Hall–Kier alpha value is -1.75. The number of nitrogens with one attached hydrogen (secondary N) is 2. The third kappa shape index (κ3) is 5.36. The molecule has 2 fully saturated rings. The lowest BCUT2D eigenvalue weighted by Gasteiger charge is -2.15. The van der Waals surface area contributed by atoms with E-state index in [-0.39, 0.29) is 0 Å². The Morgan fingerprint density at radius 3 is 2.92 bits per heavy atom. The monoisotopic (exact) mass is 345 g/mol. The predicted molar refractivity (Wildman–Crippen MR) is 101 cm³/mol. The number of nitrogens with zero attached hydrogens (tertiary/aromatic N) is 1. The van der Waals surface area contributed by atoms with Crippen LogP contribution in [-0.2, 0) is 11.3 Å². The minimum atomic E-state index is 0.507. The van der Waals surface area contributed by atoms with Crippen LogP contribution in [-0.4, -0.2) is 38.4 Å². The van der Waals surface area contributed by atoms with Gasteiger partial charge in [0, 0.05) is 30.7 Å². The summed E-state index contributed by atoms with van der Waals surface area (Å²) in [6.07, 6.45) is 2.32. The van der Waals surface area contributed by atoms with E-state index in [1.807, 2.05) is 0 Å². The number of aryl methyl sites for hydroxylation is 1. The third-order valence-electron chi connectivity index (χ3n) is 4.90. The van der Waals surface area contributed by atoms with Gasteiger partial charge in [-0.1, -0.05) is 19.1 Å². The van der Waals surface area contributed by atoms with E-state index in [9.17, 15) is 0 Å². The van der Waals surface area contributed by atoms with E-state index in [2.05, 4.69) is 49.6 Å². The number of hydrogen-bond acceptors (Lipinski definition) is 3. The molecule has 3 atom stereocenters. The molecule has 3 unspecified atom stereocenters. The Balaban J connectivity index is 1.63. The van der Waals surface area contributed by atoms with Gasteiger partial charge in [0.05, 0.1) is 19.8 Å². The van der Waals surface area contributed by atoms with Gasteiger partial charge in [-0.05, 0) is 44.2 Å². The highest BCUT2D eigenvalue weighted by molar-refractivity contribution is 5.80. The number of hydrogen-bond donors (Lipinski definition) is 2. The molecule has 1 aliphatic carbocycles. The van der Waals surface area contributed by atoms with Gasteiger partial charge in [0.2, 0.25) is 0 Å². The first-order chi connectivity index (χ1) is 12.2. The average molecular weight is 345 g/mol. The van der Waals surface area contributed by atoms with E-state index in [4.69, 9.17) is 14.5 Å². The van der Waals surface area contributed by atoms with Crippen LogP contribution in [0, 0.1) is 18.8 Å². The molecule has 1 saturated carbocycles. The van der Waals surface area contributed by atoms with Crippen LogP contribution in [0.25, 0.3) is 0 Å². The van der Waals surface area contributed by atoms with Crippen molar-refractivity contribution in [1.82, 2.24) is 10.6 Å². The van der Waals surface area contributed by atoms with E-state index >= 15 is 0 Å². The van der Waals surface area contributed by atoms with Gasteiger partial charge in [0.15, 0.2) is 5.96 Å². The fraction of sp³-hybridized carbons (Fsp3) is 0.650. The van der Waals surface area contributed by atoms with Gasteiger partial charge in [0.1, 0.15) is 5.75 Å². The summed E-state index contributed by atoms with van der Waals surface area (Å²) in [6.45, 7) is 10.3. The molecule has 0 bridgehead atoms. The normalized spacial score (nSPS) is 25.7. The van der Waals surface area contributed by atoms with Crippen LogP contribution in [0.1, 0.15) is 37.8 Å². The van der Waals surface area contributed by atoms with Crippen LogP contribution in [0.3, 0.4) is 0 Å². The van der Waals surface area contributed by atoms with E-state index in [1.54, 1.807) is 0 Å². The minimum Gasteiger partial charge on any atom is -0.493 e. The summed E-state index contributed by atoms with van der Waals surface area (Å²) in [5, 5.41) is 6.83. The Morgan fingerprint density at radius 2 is 2.24 bits per heavy atom. The lowest BCUT2D eigenvalue weighted by molar-refractivity contribution is 0.166. The summed E-state index contributed by atoms with van der Waals surface area (Å²) >= 11 is 0. The molecule has 3 rings (SSSR count). The fourth-order valence-corrected chi connectivity index (χ4v) is 3.03. The van der Waals surface area contributed by atoms with E-state index in [1.165, 1.54) is 12.0 Å². The second kappa shape index (κ2) is 8.56. The number of rotatable bonds is 7. The molecule has 138 valence electrons. The molecule has 0 amide bonds. The first-order valence-electron chi connectivity index (χ1n) is 9.50. The summed E-state index contributed by atoms with van der Waals surface area (Å²) in [6, 6.07) is 6.93. The molecule has 25 heavy (non-hydrogen) atoms. The van der Waals surface area contributed by atoms with E-state index in [0.29, 0.717) is 18.5 Å². The lowest BCUT2D eigenvalue weighted by atomic mass is 10.1. The van der Waals surface area contributed by atoms with Gasteiger partial charge in [-0.15, -0.1) is 0 Å². The summed E-state index contributed by atoms with van der Waals surface area (Å²) in [5.74, 6) is 3.10. The number of guanidine groups is 1. The van der Waals surface area contributed by atoms with Crippen molar-refractivity contribution < 1.29 is 9.47 Å². The van der Waals surface area contributed by atoms with E-state index < -0.39 is 0 Å². The maximum absolute atomic E-state index is 6.11. The zero-order chi connectivity index (χ0) is 17.6. The van der Waals surface area contributed by atoms with Gasteiger partial charge >= 0.3 is 0 Å². The minimum absolute atomic E-state index is 0.507. The first-order valence-corrected chi connectivity index (χ1v) is 9.50. The van der Waals surface area contributed by atoms with Crippen molar-refractivity contribution in [3.8, 4) is 5.75 Å². The molecule has 1 saturated heterocycles. The van der Waals surface area contributed by atoms with Crippen molar-refractivity contribution in [2.24, 2.45) is 16.8 Å². The highest BCUT2D eigenvalue weighted by Crippen LogP contribution is 2.29. The molecular weight excluding hydrogens is 314 g/mol. The van der Waals surface area contributed by atoms with Crippen LogP contribution in [0.15, 0.2) is 23.2 Å². The maximum atomic E-state index is 6.11. The molecule has 1 aromatic carbocycles. The van der Waals surface area contributed by atoms with Gasteiger partial charge in [0.25, 0.3) is 0 Å². The summed E-state index contributed by atoms with van der Waals surface area (Å²) in [4.78, 5) is 4.76. The Labute approximate surface area is 151 Å². The summed E-state index contributed by atoms with van der Waals surface area (Å²) < 4.78 is 11.6. The van der Waals surface area contributed by atoms with Crippen molar-refractivity contribution in [2.75, 3.05) is 26.4 Å². The molecular formula is C20H31N3O2. The van der Waals surface area contributed by atoms with Crippen molar-refractivity contribution in [3.05, 3.63) is 29.3 Å². The van der Waals surface area contributed by atoms with Crippen LogP contribution in [0.5, 0.6) is 5.75 Å². The average Bonchev–Trinajstić information content (AvgIpc) is 3.07. The second-order valence-electron chi connectivity index (χ2n) is 7.31. The molecule has 1 aliphatic heterocycles. The van der Waals surface area contributed by atoms with Gasteiger partial charge in [-0.3, -0.25) is 0 Å². The molecule has 5 nitrogen and oxygen atoms in total. The van der Waals surface area contributed by atoms with Crippen LogP contribution in [0.4, 0.5) is 0 Å². The standard InChI is InChI=1S/C20H31N3O2/c1-4-21-20(23-18-10-15(18)3)22-11-17-6-5-14(2)9-19(17)25-13-16-7-8-24-12-16/h5-6,9,15-16,18H,4,7-8,10-13H2,1-3H3,(H2,21,22,23). The molecule has 1 aromatic rings. The molecule has 0 aromatic heterocycles. The molecule has 2 aliphatic rings. The van der Waals surface area contributed by atoms with Crippen LogP contribution < -0.4 is 15.4 Å². The second-order valence-corrected chi connectivity index (χ2v) is 7.31. The quantitative estimate of drug-likeness (QED) is 0.589. The van der Waals surface area contributed by atoms with Gasteiger partial charge in [-0.25, -0.2) is 4.99 Å². The summed E-state index contributed by atoms with van der Waals surface area (Å²) in [7, 11) is 0. The number of aliphatic imine (C=N–C) groups is 1. The highest BCUT2D eigenvalue weighted by Gasteiger charge is 2.33. The Morgan fingerprint density at radius 1 is 1.40 bits per heavy atom. The molecule has 5 heteroatoms. The third-order valence-corrected chi connectivity index (χ3v) is 4.90. The predicted octanol–water partition coefficient (Wildman–Crippen LogP) is 2.87. The zero-order valence-electron chi connectivity index (χ0n) is 15.7. The smallest absolute Gasteiger partial charge is 0.191 e. The van der Waals surface area contributed by atoms with Crippen molar-refractivity contribution in [3.63, 3.8) is 0 Å². The number of ether oxygens (including phenoxy) is 2. The molecule has 0 spiro atoms. The zero-order valence-corrected chi connectivity index (χ0v) is 15.7. The van der Waals surface area contributed by atoms with Gasteiger partial charge < -0.3 is 20.1 Å². The molecule has 1 heterocycles. The summed E-state index contributed by atoms with van der Waals surface area (Å²) in [5.41, 5.74) is 2.34. The van der Waals surface area contributed by atoms with Crippen molar-refractivity contribution >= 4 is 5.96 Å². The van der Waals surface area contributed by atoms with Crippen LogP contribution in [0.2, 0.25) is 0 Å². The van der Waals surface area contributed by atoms with E-state index in [0.717, 1.165) is 56.0 Å².